The molecule has 2 aliphatic rings. The van der Waals surface area contributed by atoms with E-state index in [0.29, 0.717) is 12.5 Å². The molecule has 1 heterocycles. The lowest BCUT2D eigenvalue weighted by molar-refractivity contribution is -0.147. The maximum absolute atomic E-state index is 11.7. The third-order valence-electron chi connectivity index (χ3n) is 4.02. The molecule has 17 heavy (non-hydrogen) atoms. The van der Waals surface area contributed by atoms with Crippen molar-refractivity contribution in [3.8, 4) is 0 Å². The van der Waals surface area contributed by atoms with Crippen LogP contribution >= 0.6 is 0 Å². The van der Waals surface area contributed by atoms with Gasteiger partial charge in [0, 0.05) is 6.54 Å². The van der Waals surface area contributed by atoms with Crippen molar-refractivity contribution >= 4 is 5.97 Å². The molecule has 98 valence electrons. The topological polar surface area (TPSA) is 52.6 Å². The molecule has 1 atom stereocenters. The highest BCUT2D eigenvalue weighted by molar-refractivity contribution is 5.80. The number of hydrogen-bond donors (Lipinski definition) is 2. The second-order valence-corrected chi connectivity index (χ2v) is 5.46. The number of carboxylic acids is 1. The van der Waals surface area contributed by atoms with Crippen LogP contribution in [0.2, 0.25) is 0 Å². The van der Waals surface area contributed by atoms with Gasteiger partial charge in [0.25, 0.3) is 0 Å². The average molecular weight is 240 g/mol. The molecule has 1 aliphatic heterocycles. The standard InChI is InChI=1S/C13H24N2O2/c1-2-7-14-13(12(16)17,11-5-6-11)10-15-8-3-4-9-15/h11,14H,2-10H2,1H3,(H,16,17). The Morgan fingerprint density at radius 3 is 2.53 bits per heavy atom. The predicted octanol–water partition coefficient (Wildman–Crippen LogP) is 1.32. The summed E-state index contributed by atoms with van der Waals surface area (Å²) in [6.45, 7) is 5.71. The molecule has 1 saturated carbocycles. The van der Waals surface area contributed by atoms with Gasteiger partial charge in [0.2, 0.25) is 0 Å². The number of aliphatic carboxylic acids is 1. The van der Waals surface area contributed by atoms with Crippen molar-refractivity contribution in [2.24, 2.45) is 5.92 Å². The Kier molecular flexibility index (Phi) is 4.05. The summed E-state index contributed by atoms with van der Waals surface area (Å²) in [6.07, 6.45) is 5.55. The van der Waals surface area contributed by atoms with E-state index in [1.165, 1.54) is 12.8 Å². The van der Waals surface area contributed by atoms with Gasteiger partial charge < -0.3 is 15.3 Å². The normalized spacial score (nSPS) is 24.8. The van der Waals surface area contributed by atoms with Crippen LogP contribution in [0.15, 0.2) is 0 Å². The van der Waals surface area contributed by atoms with Crippen LogP contribution in [0, 0.1) is 5.92 Å². The van der Waals surface area contributed by atoms with Crippen LogP contribution in [0.4, 0.5) is 0 Å². The maximum atomic E-state index is 11.7. The number of nitrogens with zero attached hydrogens (tertiary/aromatic N) is 1. The molecule has 4 nitrogen and oxygen atoms in total. The van der Waals surface area contributed by atoms with E-state index >= 15 is 0 Å². The molecule has 0 aromatic rings. The molecule has 0 amide bonds. The summed E-state index contributed by atoms with van der Waals surface area (Å²) in [7, 11) is 0. The monoisotopic (exact) mass is 240 g/mol. The molecule has 1 saturated heterocycles. The fourth-order valence-corrected chi connectivity index (χ4v) is 2.86. The second-order valence-electron chi connectivity index (χ2n) is 5.46. The summed E-state index contributed by atoms with van der Waals surface area (Å²) in [4.78, 5) is 14.0. The van der Waals surface area contributed by atoms with Crippen molar-refractivity contribution in [1.29, 1.82) is 0 Å². The van der Waals surface area contributed by atoms with E-state index in [2.05, 4.69) is 17.1 Å². The van der Waals surface area contributed by atoms with Gasteiger partial charge in [-0.25, -0.2) is 0 Å². The Morgan fingerprint density at radius 1 is 1.41 bits per heavy atom. The molecular formula is C13H24N2O2. The summed E-state index contributed by atoms with van der Waals surface area (Å²) < 4.78 is 0. The minimum Gasteiger partial charge on any atom is -0.480 e. The zero-order chi connectivity index (χ0) is 12.3. The highest BCUT2D eigenvalue weighted by atomic mass is 16.4. The molecule has 1 aliphatic carbocycles. The summed E-state index contributed by atoms with van der Waals surface area (Å²) in [5, 5.41) is 13.0. The smallest absolute Gasteiger partial charge is 0.325 e. The first kappa shape index (κ1) is 12.8. The zero-order valence-corrected chi connectivity index (χ0v) is 10.7. The lowest BCUT2D eigenvalue weighted by Crippen LogP contribution is -2.60. The lowest BCUT2D eigenvalue weighted by Gasteiger charge is -2.34. The lowest BCUT2D eigenvalue weighted by atomic mass is 9.92. The largest absolute Gasteiger partial charge is 0.480 e. The van der Waals surface area contributed by atoms with Gasteiger partial charge in [-0.2, -0.15) is 0 Å². The Hall–Kier alpha value is -0.610. The number of hydrogen-bond acceptors (Lipinski definition) is 3. The van der Waals surface area contributed by atoms with Gasteiger partial charge >= 0.3 is 5.97 Å². The quantitative estimate of drug-likeness (QED) is 0.704. The molecule has 0 spiro atoms. The Balaban J connectivity index is 2.05. The van der Waals surface area contributed by atoms with Crippen LogP contribution < -0.4 is 5.32 Å². The van der Waals surface area contributed by atoms with Gasteiger partial charge in [0.1, 0.15) is 5.54 Å². The molecule has 0 radical (unpaired) electrons. The Morgan fingerprint density at radius 2 is 2.06 bits per heavy atom. The van der Waals surface area contributed by atoms with Crippen LogP contribution in [0.3, 0.4) is 0 Å². The fourth-order valence-electron chi connectivity index (χ4n) is 2.86. The molecule has 0 aromatic carbocycles. The van der Waals surface area contributed by atoms with Crippen molar-refractivity contribution in [3.05, 3.63) is 0 Å². The molecule has 2 N–H and O–H groups in total. The van der Waals surface area contributed by atoms with Crippen LogP contribution in [-0.4, -0.2) is 47.7 Å². The number of carbonyl (C=O) groups is 1. The zero-order valence-electron chi connectivity index (χ0n) is 10.7. The first-order valence-electron chi connectivity index (χ1n) is 6.90. The number of likely N-dealkylation sites (tertiary alicyclic amines) is 1. The maximum Gasteiger partial charge on any atom is 0.325 e. The minimum absolute atomic E-state index is 0.340. The highest BCUT2D eigenvalue weighted by Crippen LogP contribution is 2.40. The van der Waals surface area contributed by atoms with Gasteiger partial charge in [-0.15, -0.1) is 0 Å². The first-order chi connectivity index (χ1) is 8.19. The molecule has 4 heteroatoms. The summed E-state index contributed by atoms with van der Waals surface area (Å²) >= 11 is 0. The predicted molar refractivity (Wildman–Crippen MR) is 67.1 cm³/mol. The summed E-state index contributed by atoms with van der Waals surface area (Å²) in [6, 6.07) is 0. The number of carboxylic acid groups (broad SMARTS) is 1. The molecule has 2 fully saturated rings. The molecular weight excluding hydrogens is 216 g/mol. The van der Waals surface area contributed by atoms with Crippen LogP contribution in [0.1, 0.15) is 39.0 Å². The van der Waals surface area contributed by atoms with Crippen molar-refractivity contribution in [3.63, 3.8) is 0 Å². The third-order valence-corrected chi connectivity index (χ3v) is 4.02. The van der Waals surface area contributed by atoms with Crippen molar-refractivity contribution in [2.45, 2.75) is 44.6 Å². The average Bonchev–Trinajstić information content (AvgIpc) is 3.04. The summed E-state index contributed by atoms with van der Waals surface area (Å²) in [5.41, 5.74) is -0.680. The number of rotatable bonds is 7. The minimum atomic E-state index is -0.680. The van der Waals surface area contributed by atoms with E-state index in [4.69, 9.17) is 0 Å². The van der Waals surface area contributed by atoms with Gasteiger partial charge in [0.05, 0.1) is 0 Å². The van der Waals surface area contributed by atoms with Crippen LogP contribution in [0.5, 0.6) is 0 Å². The van der Waals surface area contributed by atoms with Gasteiger partial charge in [-0.05, 0) is 57.7 Å². The first-order valence-corrected chi connectivity index (χ1v) is 6.90. The van der Waals surface area contributed by atoms with E-state index < -0.39 is 11.5 Å². The van der Waals surface area contributed by atoms with Gasteiger partial charge in [-0.3, -0.25) is 4.79 Å². The van der Waals surface area contributed by atoms with Gasteiger partial charge in [-0.1, -0.05) is 6.92 Å². The molecule has 0 bridgehead atoms. The molecule has 2 rings (SSSR count). The Labute approximate surface area is 103 Å². The molecule has 1 unspecified atom stereocenters. The fraction of sp³-hybridized carbons (Fsp3) is 0.923. The van der Waals surface area contributed by atoms with E-state index in [1.54, 1.807) is 0 Å². The number of nitrogens with one attached hydrogen (secondary N) is 1. The van der Waals surface area contributed by atoms with E-state index in [0.717, 1.165) is 38.9 Å². The second kappa shape index (κ2) is 5.36. The van der Waals surface area contributed by atoms with Crippen molar-refractivity contribution in [1.82, 2.24) is 10.2 Å². The van der Waals surface area contributed by atoms with Crippen molar-refractivity contribution < 1.29 is 9.90 Å². The van der Waals surface area contributed by atoms with E-state index in [9.17, 15) is 9.90 Å². The third kappa shape index (κ3) is 2.80. The van der Waals surface area contributed by atoms with E-state index in [1.807, 2.05) is 0 Å². The van der Waals surface area contributed by atoms with Crippen molar-refractivity contribution in [2.75, 3.05) is 26.2 Å². The Bertz CT molecular complexity index is 273. The highest BCUT2D eigenvalue weighted by Gasteiger charge is 2.51. The van der Waals surface area contributed by atoms with E-state index in [-0.39, 0.29) is 0 Å². The summed E-state index contributed by atoms with van der Waals surface area (Å²) in [5.74, 6) is -0.313. The van der Waals surface area contributed by atoms with Crippen LogP contribution in [0.25, 0.3) is 0 Å². The van der Waals surface area contributed by atoms with Gasteiger partial charge in [0.15, 0.2) is 0 Å². The van der Waals surface area contributed by atoms with Crippen LogP contribution in [-0.2, 0) is 4.79 Å². The molecule has 0 aromatic heterocycles. The SMILES string of the molecule is CCCNC(CN1CCCC1)(C(=O)O)C1CC1.